The number of halogens is 1. The number of aromatic nitrogens is 1. The van der Waals surface area contributed by atoms with Gasteiger partial charge in [-0.25, -0.2) is 9.18 Å². The highest BCUT2D eigenvalue weighted by atomic mass is 19.1. The highest BCUT2D eigenvalue weighted by molar-refractivity contribution is 5.90. The SMILES string of the molecule is COc1cc2[nH]cc(C(F)C(=O)O)c2cc1OC. The highest BCUT2D eigenvalue weighted by Crippen LogP contribution is 2.35. The Balaban J connectivity index is 2.62. The second-order valence-corrected chi connectivity index (χ2v) is 3.70. The van der Waals surface area contributed by atoms with Gasteiger partial charge in [0.2, 0.25) is 6.17 Å². The van der Waals surface area contributed by atoms with Crippen molar-refractivity contribution in [1.82, 2.24) is 4.98 Å². The van der Waals surface area contributed by atoms with Crippen molar-refractivity contribution in [3.05, 3.63) is 23.9 Å². The molecule has 0 spiro atoms. The lowest BCUT2D eigenvalue weighted by Gasteiger charge is -2.08. The lowest BCUT2D eigenvalue weighted by Crippen LogP contribution is -2.05. The van der Waals surface area contributed by atoms with Gasteiger partial charge in [0.15, 0.2) is 11.5 Å². The van der Waals surface area contributed by atoms with E-state index in [9.17, 15) is 9.18 Å². The quantitative estimate of drug-likeness (QED) is 0.876. The van der Waals surface area contributed by atoms with E-state index in [1.54, 1.807) is 12.1 Å². The Hall–Kier alpha value is -2.24. The Bertz CT molecular complexity index is 593. The highest BCUT2D eigenvalue weighted by Gasteiger charge is 2.23. The molecule has 96 valence electrons. The summed E-state index contributed by atoms with van der Waals surface area (Å²) in [5, 5.41) is 9.16. The van der Waals surface area contributed by atoms with Gasteiger partial charge in [-0.15, -0.1) is 0 Å². The van der Waals surface area contributed by atoms with E-state index in [0.29, 0.717) is 22.4 Å². The van der Waals surface area contributed by atoms with Crippen molar-refractivity contribution >= 4 is 16.9 Å². The second kappa shape index (κ2) is 4.56. The first kappa shape index (κ1) is 12.2. The van der Waals surface area contributed by atoms with Gasteiger partial charge in [-0.1, -0.05) is 0 Å². The smallest absolute Gasteiger partial charge is 0.343 e. The molecule has 1 unspecified atom stereocenters. The van der Waals surface area contributed by atoms with E-state index in [4.69, 9.17) is 14.6 Å². The number of carbonyl (C=O) groups is 1. The summed E-state index contributed by atoms with van der Waals surface area (Å²) in [7, 11) is 2.95. The van der Waals surface area contributed by atoms with Crippen LogP contribution < -0.4 is 9.47 Å². The van der Waals surface area contributed by atoms with Gasteiger partial charge < -0.3 is 19.6 Å². The number of benzene rings is 1. The summed E-state index contributed by atoms with van der Waals surface area (Å²) in [6.07, 6.45) is -0.737. The molecule has 2 N–H and O–H groups in total. The number of carboxylic acids is 1. The van der Waals surface area contributed by atoms with Crippen LogP contribution in [0.5, 0.6) is 11.5 Å². The number of alkyl halides is 1. The van der Waals surface area contributed by atoms with Gasteiger partial charge in [0.1, 0.15) is 0 Å². The van der Waals surface area contributed by atoms with Crippen LogP contribution in [0.2, 0.25) is 0 Å². The molecule has 0 aliphatic rings. The number of hydrogen-bond donors (Lipinski definition) is 2. The van der Waals surface area contributed by atoms with Crippen molar-refractivity contribution < 1.29 is 23.8 Å². The molecule has 2 rings (SSSR count). The lowest BCUT2D eigenvalue weighted by atomic mass is 10.1. The standard InChI is InChI=1S/C12H12FNO4/c1-17-9-3-6-7(11(13)12(15)16)5-14-8(6)4-10(9)18-2/h3-5,11,14H,1-2H3,(H,15,16). The molecule has 1 heterocycles. The summed E-state index contributed by atoms with van der Waals surface area (Å²) >= 11 is 0. The summed E-state index contributed by atoms with van der Waals surface area (Å²) in [6, 6.07) is 3.18. The number of aliphatic carboxylic acids is 1. The first-order valence-electron chi connectivity index (χ1n) is 5.18. The fourth-order valence-electron chi connectivity index (χ4n) is 1.81. The molecule has 1 aromatic carbocycles. The van der Waals surface area contributed by atoms with Crippen LogP contribution in [0.25, 0.3) is 10.9 Å². The lowest BCUT2D eigenvalue weighted by molar-refractivity contribution is -0.142. The van der Waals surface area contributed by atoms with Crippen molar-refractivity contribution in [1.29, 1.82) is 0 Å². The summed E-state index contributed by atoms with van der Waals surface area (Å²) < 4.78 is 23.8. The number of carboxylic acid groups (broad SMARTS) is 1. The van der Waals surface area contributed by atoms with Gasteiger partial charge in [0, 0.05) is 28.7 Å². The third kappa shape index (κ3) is 1.85. The maximum absolute atomic E-state index is 13.5. The molecule has 0 saturated carbocycles. The molecule has 18 heavy (non-hydrogen) atoms. The number of hydrogen-bond acceptors (Lipinski definition) is 3. The van der Waals surface area contributed by atoms with Crippen molar-refractivity contribution in [3.63, 3.8) is 0 Å². The van der Waals surface area contributed by atoms with Crippen LogP contribution in [-0.2, 0) is 4.79 Å². The van der Waals surface area contributed by atoms with E-state index in [-0.39, 0.29) is 5.56 Å². The fraction of sp³-hybridized carbons (Fsp3) is 0.250. The predicted octanol–water partition coefficient (Wildman–Crippen LogP) is 2.28. The summed E-state index contributed by atoms with van der Waals surface area (Å²) in [5.74, 6) is -0.613. The summed E-state index contributed by atoms with van der Waals surface area (Å²) in [5.41, 5.74) is 0.657. The van der Waals surface area contributed by atoms with Gasteiger partial charge in [-0.3, -0.25) is 0 Å². The fourth-order valence-corrected chi connectivity index (χ4v) is 1.81. The Kier molecular flexibility index (Phi) is 3.10. The van der Waals surface area contributed by atoms with Crippen LogP contribution in [0.15, 0.2) is 18.3 Å². The third-order valence-electron chi connectivity index (χ3n) is 2.71. The number of rotatable bonds is 4. The molecule has 6 heteroatoms. The monoisotopic (exact) mass is 253 g/mol. The van der Waals surface area contributed by atoms with Crippen molar-refractivity contribution in [2.75, 3.05) is 14.2 Å². The Morgan fingerprint density at radius 2 is 1.94 bits per heavy atom. The van der Waals surface area contributed by atoms with E-state index in [0.717, 1.165) is 0 Å². The third-order valence-corrected chi connectivity index (χ3v) is 2.71. The zero-order valence-electron chi connectivity index (χ0n) is 9.86. The molecule has 0 aliphatic carbocycles. The number of fused-ring (bicyclic) bond motifs is 1. The molecule has 2 aromatic rings. The van der Waals surface area contributed by atoms with Gasteiger partial charge >= 0.3 is 5.97 Å². The average molecular weight is 253 g/mol. The minimum atomic E-state index is -2.07. The molecule has 5 nitrogen and oxygen atoms in total. The van der Waals surface area contributed by atoms with Crippen LogP contribution in [0.1, 0.15) is 11.7 Å². The second-order valence-electron chi connectivity index (χ2n) is 3.70. The first-order chi connectivity index (χ1) is 8.58. The molecule has 0 bridgehead atoms. The van der Waals surface area contributed by atoms with Gasteiger partial charge in [-0.2, -0.15) is 0 Å². The summed E-state index contributed by atoms with van der Waals surface area (Å²) in [6.45, 7) is 0. The maximum Gasteiger partial charge on any atom is 0.343 e. The van der Waals surface area contributed by atoms with Crippen molar-refractivity contribution in [2.24, 2.45) is 0 Å². The number of nitrogens with one attached hydrogen (secondary N) is 1. The zero-order valence-corrected chi connectivity index (χ0v) is 9.86. The molecule has 1 atom stereocenters. The van der Waals surface area contributed by atoms with Crippen LogP contribution >= 0.6 is 0 Å². The van der Waals surface area contributed by atoms with Crippen LogP contribution in [0.3, 0.4) is 0 Å². The predicted molar refractivity (Wildman–Crippen MR) is 62.9 cm³/mol. The van der Waals surface area contributed by atoms with Crippen LogP contribution in [0.4, 0.5) is 4.39 Å². The first-order valence-corrected chi connectivity index (χ1v) is 5.18. The number of ether oxygens (including phenoxy) is 2. The Labute approximate surface area is 102 Å². The molecule has 1 aromatic heterocycles. The van der Waals surface area contributed by atoms with Crippen molar-refractivity contribution in [3.8, 4) is 11.5 Å². The number of H-pyrrole nitrogens is 1. The number of methoxy groups -OCH3 is 2. The van der Waals surface area contributed by atoms with E-state index in [1.165, 1.54) is 20.4 Å². The molecule has 0 radical (unpaired) electrons. The van der Waals surface area contributed by atoms with Gasteiger partial charge in [0.05, 0.1) is 14.2 Å². The van der Waals surface area contributed by atoms with E-state index >= 15 is 0 Å². The van der Waals surface area contributed by atoms with Crippen LogP contribution in [-0.4, -0.2) is 30.3 Å². The summed E-state index contributed by atoms with van der Waals surface area (Å²) in [4.78, 5) is 13.5. The van der Waals surface area contributed by atoms with Gasteiger partial charge in [-0.05, 0) is 6.07 Å². The van der Waals surface area contributed by atoms with E-state index < -0.39 is 12.1 Å². The number of aromatic amines is 1. The van der Waals surface area contributed by atoms with E-state index in [1.807, 2.05) is 0 Å². The normalized spacial score (nSPS) is 12.4. The zero-order chi connectivity index (χ0) is 13.3. The molecule has 0 fully saturated rings. The average Bonchev–Trinajstić information content (AvgIpc) is 2.78. The molecular weight excluding hydrogens is 241 g/mol. The van der Waals surface area contributed by atoms with Crippen molar-refractivity contribution in [2.45, 2.75) is 6.17 Å². The van der Waals surface area contributed by atoms with E-state index in [2.05, 4.69) is 4.98 Å². The molecular formula is C12H12FNO4. The van der Waals surface area contributed by atoms with Gasteiger partial charge in [0.25, 0.3) is 0 Å². The Morgan fingerprint density at radius 3 is 2.50 bits per heavy atom. The minimum absolute atomic E-state index is 0.0680. The molecule has 0 aliphatic heterocycles. The molecule has 0 amide bonds. The minimum Gasteiger partial charge on any atom is -0.493 e. The molecule has 0 saturated heterocycles. The maximum atomic E-state index is 13.5. The Morgan fingerprint density at radius 1 is 1.33 bits per heavy atom. The largest absolute Gasteiger partial charge is 0.493 e. The van der Waals surface area contributed by atoms with Crippen LogP contribution in [0, 0.1) is 0 Å². The topological polar surface area (TPSA) is 71.6 Å².